The van der Waals surface area contributed by atoms with E-state index in [1.54, 1.807) is 25.3 Å². The molecule has 0 bridgehead atoms. The minimum absolute atomic E-state index is 0.151. The average Bonchev–Trinajstić information content (AvgIpc) is 3.00. The summed E-state index contributed by atoms with van der Waals surface area (Å²) in [6, 6.07) is 10.7. The predicted molar refractivity (Wildman–Crippen MR) is 79.4 cm³/mol. The molecule has 0 N–H and O–H groups in total. The maximum absolute atomic E-state index is 12.1. The fraction of sp³-hybridized carbons (Fsp3) is 0.235. The largest absolute Gasteiger partial charge is 0.496 e. The normalized spacial score (nSPS) is 12.1. The number of aryl methyl sites for hydroxylation is 1. The van der Waals surface area contributed by atoms with Gasteiger partial charge in [0.25, 0.3) is 0 Å². The first-order valence-corrected chi connectivity index (χ1v) is 6.87. The van der Waals surface area contributed by atoms with Crippen molar-refractivity contribution in [2.45, 2.75) is 13.5 Å². The van der Waals surface area contributed by atoms with Gasteiger partial charge in [0.2, 0.25) is 6.79 Å². The van der Waals surface area contributed by atoms with Crippen molar-refractivity contribution in [3.8, 4) is 17.2 Å². The van der Waals surface area contributed by atoms with Gasteiger partial charge < -0.3 is 18.9 Å². The molecule has 0 aromatic heterocycles. The van der Waals surface area contributed by atoms with Crippen LogP contribution in [0.3, 0.4) is 0 Å². The third-order valence-electron chi connectivity index (χ3n) is 3.40. The Labute approximate surface area is 128 Å². The number of ether oxygens (including phenoxy) is 4. The van der Waals surface area contributed by atoms with E-state index in [0.717, 1.165) is 11.1 Å². The Balaban J connectivity index is 1.71. The van der Waals surface area contributed by atoms with Crippen LogP contribution >= 0.6 is 0 Å². The van der Waals surface area contributed by atoms with Gasteiger partial charge in [0.15, 0.2) is 11.5 Å². The lowest BCUT2D eigenvalue weighted by atomic mass is 10.1. The monoisotopic (exact) mass is 300 g/mol. The number of hydrogen-bond acceptors (Lipinski definition) is 5. The van der Waals surface area contributed by atoms with Gasteiger partial charge in [0.1, 0.15) is 12.4 Å². The molecule has 0 spiro atoms. The van der Waals surface area contributed by atoms with Crippen molar-refractivity contribution in [3.63, 3.8) is 0 Å². The zero-order valence-electron chi connectivity index (χ0n) is 12.4. The number of carbonyl (C=O) groups is 1. The number of benzene rings is 2. The maximum atomic E-state index is 12.1. The van der Waals surface area contributed by atoms with Crippen LogP contribution in [-0.4, -0.2) is 19.9 Å². The van der Waals surface area contributed by atoms with Crippen molar-refractivity contribution in [1.82, 2.24) is 0 Å². The van der Waals surface area contributed by atoms with Gasteiger partial charge in [0.05, 0.1) is 12.7 Å². The van der Waals surface area contributed by atoms with Crippen molar-refractivity contribution < 1.29 is 23.7 Å². The summed E-state index contributed by atoms with van der Waals surface area (Å²) >= 11 is 0. The van der Waals surface area contributed by atoms with Crippen LogP contribution in [0.4, 0.5) is 0 Å². The van der Waals surface area contributed by atoms with Gasteiger partial charge >= 0.3 is 5.97 Å². The maximum Gasteiger partial charge on any atom is 0.338 e. The van der Waals surface area contributed by atoms with Crippen LogP contribution in [0.2, 0.25) is 0 Å². The van der Waals surface area contributed by atoms with Gasteiger partial charge in [-0.05, 0) is 37.3 Å². The Morgan fingerprint density at radius 2 is 1.95 bits per heavy atom. The Bertz CT molecular complexity index is 708. The van der Waals surface area contributed by atoms with E-state index in [4.69, 9.17) is 18.9 Å². The molecule has 0 saturated heterocycles. The third kappa shape index (κ3) is 2.83. The van der Waals surface area contributed by atoms with E-state index in [-0.39, 0.29) is 13.4 Å². The molecule has 22 heavy (non-hydrogen) atoms. The van der Waals surface area contributed by atoms with Gasteiger partial charge in [-0.25, -0.2) is 4.79 Å². The van der Waals surface area contributed by atoms with Crippen LogP contribution in [0, 0.1) is 6.92 Å². The Hall–Kier alpha value is -2.69. The van der Waals surface area contributed by atoms with Crippen molar-refractivity contribution >= 4 is 5.97 Å². The van der Waals surface area contributed by atoms with Crippen LogP contribution in [0.25, 0.3) is 0 Å². The van der Waals surface area contributed by atoms with E-state index in [1.807, 2.05) is 25.1 Å². The second-order valence-electron chi connectivity index (χ2n) is 4.96. The van der Waals surface area contributed by atoms with Gasteiger partial charge in [0, 0.05) is 5.56 Å². The summed E-state index contributed by atoms with van der Waals surface area (Å²) in [6.07, 6.45) is 0. The summed E-state index contributed by atoms with van der Waals surface area (Å²) in [7, 11) is 1.59. The van der Waals surface area contributed by atoms with E-state index in [2.05, 4.69) is 0 Å². The quantitative estimate of drug-likeness (QED) is 0.812. The molecule has 2 aromatic carbocycles. The number of methoxy groups -OCH3 is 1. The first-order chi connectivity index (χ1) is 10.7. The van der Waals surface area contributed by atoms with Gasteiger partial charge in [-0.3, -0.25) is 0 Å². The van der Waals surface area contributed by atoms with Crippen molar-refractivity contribution in [2.24, 2.45) is 0 Å². The fourth-order valence-corrected chi connectivity index (χ4v) is 2.27. The predicted octanol–water partition coefficient (Wildman–Crippen LogP) is 3.09. The number of hydrogen-bond donors (Lipinski definition) is 0. The molecule has 1 aliphatic heterocycles. The standard InChI is InChI=1S/C17H16O5/c1-11-3-5-14(19-2)13(7-11)9-20-17(18)12-4-6-15-16(8-12)22-10-21-15/h3-8H,9-10H2,1-2H3. The molecule has 2 aromatic rings. The number of esters is 1. The molecule has 0 saturated carbocycles. The molecular weight excluding hydrogens is 284 g/mol. The highest BCUT2D eigenvalue weighted by Gasteiger charge is 2.17. The van der Waals surface area contributed by atoms with E-state index in [1.165, 1.54) is 0 Å². The smallest absolute Gasteiger partial charge is 0.338 e. The molecule has 0 unspecified atom stereocenters. The topological polar surface area (TPSA) is 54.0 Å². The first kappa shape index (κ1) is 14.3. The molecule has 0 atom stereocenters. The van der Waals surface area contributed by atoms with Crippen LogP contribution in [0.1, 0.15) is 21.5 Å². The summed E-state index contributed by atoms with van der Waals surface area (Å²) < 4.78 is 21.1. The summed E-state index contributed by atoms with van der Waals surface area (Å²) in [5.74, 6) is 1.48. The van der Waals surface area contributed by atoms with E-state index in [0.29, 0.717) is 22.8 Å². The van der Waals surface area contributed by atoms with E-state index < -0.39 is 5.97 Å². The Kier molecular flexibility index (Phi) is 3.87. The SMILES string of the molecule is COc1ccc(C)cc1COC(=O)c1ccc2c(c1)OCO2. The Morgan fingerprint density at radius 1 is 1.14 bits per heavy atom. The van der Waals surface area contributed by atoms with Gasteiger partial charge in [-0.2, -0.15) is 0 Å². The highest BCUT2D eigenvalue weighted by Crippen LogP contribution is 2.32. The summed E-state index contributed by atoms with van der Waals surface area (Å²) in [6.45, 7) is 2.30. The molecule has 5 nitrogen and oxygen atoms in total. The van der Waals surface area contributed by atoms with Crippen LogP contribution in [-0.2, 0) is 11.3 Å². The zero-order chi connectivity index (χ0) is 15.5. The van der Waals surface area contributed by atoms with Gasteiger partial charge in [-0.15, -0.1) is 0 Å². The second-order valence-corrected chi connectivity index (χ2v) is 4.96. The summed E-state index contributed by atoms with van der Waals surface area (Å²) in [5, 5.41) is 0. The molecule has 5 heteroatoms. The van der Waals surface area contributed by atoms with Crippen molar-refractivity contribution in [1.29, 1.82) is 0 Å². The highest BCUT2D eigenvalue weighted by molar-refractivity contribution is 5.90. The second kappa shape index (κ2) is 5.97. The van der Waals surface area contributed by atoms with E-state index >= 15 is 0 Å². The molecule has 0 aliphatic carbocycles. The molecule has 0 amide bonds. The van der Waals surface area contributed by atoms with Crippen LogP contribution in [0.5, 0.6) is 17.2 Å². The zero-order valence-corrected chi connectivity index (χ0v) is 12.4. The van der Waals surface area contributed by atoms with E-state index in [9.17, 15) is 4.79 Å². The lowest BCUT2D eigenvalue weighted by Gasteiger charge is -2.10. The fourth-order valence-electron chi connectivity index (χ4n) is 2.27. The van der Waals surface area contributed by atoms with Crippen molar-refractivity contribution in [3.05, 3.63) is 53.1 Å². The minimum Gasteiger partial charge on any atom is -0.496 e. The minimum atomic E-state index is -0.415. The summed E-state index contributed by atoms with van der Waals surface area (Å²) in [5.41, 5.74) is 2.34. The lowest BCUT2D eigenvalue weighted by molar-refractivity contribution is 0.0469. The van der Waals surface area contributed by atoms with Crippen LogP contribution in [0.15, 0.2) is 36.4 Å². The number of fused-ring (bicyclic) bond motifs is 1. The summed E-state index contributed by atoms with van der Waals surface area (Å²) in [4.78, 5) is 12.1. The third-order valence-corrected chi connectivity index (χ3v) is 3.40. The molecule has 0 radical (unpaired) electrons. The van der Waals surface area contributed by atoms with Gasteiger partial charge in [-0.1, -0.05) is 11.6 Å². The lowest BCUT2D eigenvalue weighted by Crippen LogP contribution is -2.06. The molecule has 114 valence electrons. The van der Waals surface area contributed by atoms with Crippen LogP contribution < -0.4 is 14.2 Å². The Morgan fingerprint density at radius 3 is 2.77 bits per heavy atom. The first-order valence-electron chi connectivity index (χ1n) is 6.87. The number of carbonyl (C=O) groups excluding carboxylic acids is 1. The average molecular weight is 300 g/mol. The molecule has 3 rings (SSSR count). The molecule has 0 fully saturated rings. The number of rotatable bonds is 4. The van der Waals surface area contributed by atoms with Crippen molar-refractivity contribution in [2.75, 3.05) is 13.9 Å². The molecule has 1 heterocycles. The molecular formula is C17H16O5. The highest BCUT2D eigenvalue weighted by atomic mass is 16.7. The molecule has 1 aliphatic rings.